The summed E-state index contributed by atoms with van der Waals surface area (Å²) in [5.74, 6) is 1.09. The van der Waals surface area contributed by atoms with Gasteiger partial charge in [0.2, 0.25) is 5.91 Å². The van der Waals surface area contributed by atoms with Gasteiger partial charge in [-0.25, -0.2) is 4.68 Å². The third kappa shape index (κ3) is 4.73. The minimum absolute atomic E-state index is 0.0655. The van der Waals surface area contributed by atoms with Gasteiger partial charge in [-0.15, -0.1) is 0 Å². The first kappa shape index (κ1) is 20.6. The van der Waals surface area contributed by atoms with Gasteiger partial charge in [0, 0.05) is 24.2 Å². The predicted octanol–water partition coefficient (Wildman–Crippen LogP) is 2.30. The third-order valence-corrected chi connectivity index (χ3v) is 6.34. The van der Waals surface area contributed by atoms with E-state index in [1.165, 1.54) is 49.5 Å². The number of benzene rings is 1. The van der Waals surface area contributed by atoms with Gasteiger partial charge in [-0.1, -0.05) is 6.42 Å². The Labute approximate surface area is 177 Å². The quantitative estimate of drug-likeness (QED) is 0.791. The van der Waals surface area contributed by atoms with Gasteiger partial charge in [0.05, 0.1) is 12.8 Å². The smallest absolute Gasteiger partial charge is 0.267 e. The van der Waals surface area contributed by atoms with Crippen molar-refractivity contribution in [2.45, 2.75) is 44.7 Å². The summed E-state index contributed by atoms with van der Waals surface area (Å²) in [6, 6.07) is 11.2. The van der Waals surface area contributed by atoms with E-state index in [4.69, 9.17) is 4.74 Å². The van der Waals surface area contributed by atoms with Crippen molar-refractivity contribution in [2.75, 3.05) is 26.7 Å². The number of piperidine rings is 2. The number of fused-ring (bicyclic) bond motifs is 1. The number of methoxy groups -OCH3 is 1. The molecule has 0 radical (unpaired) electrons. The van der Waals surface area contributed by atoms with Crippen LogP contribution in [0.5, 0.6) is 5.75 Å². The lowest BCUT2D eigenvalue weighted by atomic mass is 9.83. The van der Waals surface area contributed by atoms with Crippen molar-refractivity contribution < 1.29 is 9.53 Å². The molecule has 0 aliphatic carbocycles. The molecule has 1 aromatic carbocycles. The maximum Gasteiger partial charge on any atom is 0.267 e. The van der Waals surface area contributed by atoms with E-state index < -0.39 is 0 Å². The molecule has 160 valence electrons. The summed E-state index contributed by atoms with van der Waals surface area (Å²) < 4.78 is 6.42. The standard InChI is InChI=1S/C23H30N4O3/c1-30-19-9-7-17(8-10-19)20-11-12-23(29)27(25-20)16-22(28)24-15-18-5-4-14-26-13-3-2-6-21(18)26/h7-12,18,21H,2-6,13-16H2,1H3,(H,24,28)/t18-,21+/m0/s1. The van der Waals surface area contributed by atoms with Crippen LogP contribution in [0.2, 0.25) is 0 Å². The number of amides is 1. The Morgan fingerprint density at radius 2 is 1.90 bits per heavy atom. The molecule has 0 unspecified atom stereocenters. The van der Waals surface area contributed by atoms with E-state index in [2.05, 4.69) is 15.3 Å². The number of hydrogen-bond donors (Lipinski definition) is 1. The van der Waals surface area contributed by atoms with Gasteiger partial charge in [0.15, 0.2) is 0 Å². The Morgan fingerprint density at radius 1 is 1.10 bits per heavy atom. The summed E-state index contributed by atoms with van der Waals surface area (Å²) >= 11 is 0. The molecule has 7 nitrogen and oxygen atoms in total. The molecule has 2 saturated heterocycles. The maximum absolute atomic E-state index is 12.6. The minimum Gasteiger partial charge on any atom is -0.497 e. The van der Waals surface area contributed by atoms with E-state index in [1.54, 1.807) is 13.2 Å². The van der Waals surface area contributed by atoms with Crippen LogP contribution in [0, 0.1) is 5.92 Å². The maximum atomic E-state index is 12.6. The second-order valence-electron chi connectivity index (χ2n) is 8.25. The Balaban J connectivity index is 1.38. The molecule has 2 aromatic rings. The van der Waals surface area contributed by atoms with E-state index in [0.29, 0.717) is 24.2 Å². The van der Waals surface area contributed by atoms with Gasteiger partial charge in [0.25, 0.3) is 5.56 Å². The zero-order chi connectivity index (χ0) is 20.9. The van der Waals surface area contributed by atoms with Crippen molar-refractivity contribution in [2.24, 2.45) is 5.92 Å². The zero-order valence-electron chi connectivity index (χ0n) is 17.5. The highest BCUT2D eigenvalue weighted by Gasteiger charge is 2.32. The van der Waals surface area contributed by atoms with Crippen LogP contribution in [0.1, 0.15) is 32.1 Å². The number of aromatic nitrogens is 2. The molecule has 2 fully saturated rings. The van der Waals surface area contributed by atoms with Crippen molar-refractivity contribution in [1.29, 1.82) is 0 Å². The summed E-state index contributed by atoms with van der Waals surface area (Å²) in [6.07, 6.45) is 6.15. The van der Waals surface area contributed by atoms with Crippen molar-refractivity contribution >= 4 is 5.91 Å². The molecule has 1 N–H and O–H groups in total. The molecule has 1 amide bonds. The van der Waals surface area contributed by atoms with E-state index in [-0.39, 0.29) is 18.0 Å². The number of nitrogens with zero attached hydrogens (tertiary/aromatic N) is 3. The molecule has 0 saturated carbocycles. The van der Waals surface area contributed by atoms with Crippen LogP contribution in [0.3, 0.4) is 0 Å². The first-order valence-corrected chi connectivity index (χ1v) is 10.9. The van der Waals surface area contributed by atoms with Crippen molar-refractivity contribution in [3.05, 3.63) is 46.8 Å². The van der Waals surface area contributed by atoms with Crippen LogP contribution < -0.4 is 15.6 Å². The number of hydrogen-bond acceptors (Lipinski definition) is 5. The number of ether oxygens (including phenoxy) is 1. The molecule has 4 rings (SSSR count). The van der Waals surface area contributed by atoms with Crippen LogP contribution in [0.4, 0.5) is 0 Å². The zero-order valence-corrected chi connectivity index (χ0v) is 17.5. The summed E-state index contributed by atoms with van der Waals surface area (Å²) in [4.78, 5) is 27.4. The molecule has 7 heteroatoms. The number of carbonyl (C=O) groups is 1. The molecule has 2 atom stereocenters. The van der Waals surface area contributed by atoms with Gasteiger partial charge in [-0.05, 0) is 75.0 Å². The topological polar surface area (TPSA) is 76.5 Å². The number of carbonyl (C=O) groups excluding carboxylic acids is 1. The molecule has 0 bridgehead atoms. The number of rotatable bonds is 6. The molecule has 1 aromatic heterocycles. The van der Waals surface area contributed by atoms with E-state index in [0.717, 1.165) is 17.7 Å². The summed E-state index contributed by atoms with van der Waals surface area (Å²) in [5.41, 5.74) is 1.23. The highest BCUT2D eigenvalue weighted by atomic mass is 16.5. The van der Waals surface area contributed by atoms with Crippen LogP contribution >= 0.6 is 0 Å². The molecule has 2 aliphatic heterocycles. The SMILES string of the molecule is COc1ccc(-c2ccc(=O)n(CC(=O)NC[C@@H]3CCCN4CCCC[C@H]34)n2)cc1. The fourth-order valence-corrected chi connectivity index (χ4v) is 4.73. The lowest BCUT2D eigenvalue weighted by Gasteiger charge is -2.44. The predicted molar refractivity (Wildman–Crippen MR) is 115 cm³/mol. The molecule has 3 heterocycles. The van der Waals surface area contributed by atoms with Gasteiger partial charge in [-0.2, -0.15) is 5.10 Å². The monoisotopic (exact) mass is 410 g/mol. The normalized spacial score (nSPS) is 21.6. The fourth-order valence-electron chi connectivity index (χ4n) is 4.73. The molecular formula is C23H30N4O3. The third-order valence-electron chi connectivity index (χ3n) is 6.34. The Morgan fingerprint density at radius 3 is 2.70 bits per heavy atom. The second kappa shape index (κ2) is 9.43. The van der Waals surface area contributed by atoms with E-state index in [9.17, 15) is 9.59 Å². The molecular weight excluding hydrogens is 380 g/mol. The van der Waals surface area contributed by atoms with Crippen LogP contribution in [0.25, 0.3) is 11.3 Å². The minimum atomic E-state index is -0.279. The van der Waals surface area contributed by atoms with Crippen LogP contribution in [0.15, 0.2) is 41.2 Å². The Kier molecular flexibility index (Phi) is 6.47. The Bertz CT molecular complexity index is 923. The van der Waals surface area contributed by atoms with Crippen molar-refractivity contribution in [3.63, 3.8) is 0 Å². The lowest BCUT2D eigenvalue weighted by molar-refractivity contribution is -0.122. The van der Waals surface area contributed by atoms with Crippen LogP contribution in [-0.2, 0) is 11.3 Å². The number of nitrogens with one attached hydrogen (secondary N) is 1. The first-order valence-electron chi connectivity index (χ1n) is 10.9. The van der Waals surface area contributed by atoms with E-state index >= 15 is 0 Å². The summed E-state index contributed by atoms with van der Waals surface area (Å²) in [7, 11) is 1.62. The summed E-state index contributed by atoms with van der Waals surface area (Å²) in [5, 5.41) is 7.45. The molecule has 2 aliphatic rings. The van der Waals surface area contributed by atoms with Crippen molar-refractivity contribution in [3.8, 4) is 17.0 Å². The van der Waals surface area contributed by atoms with Gasteiger partial charge in [-0.3, -0.25) is 9.59 Å². The fraction of sp³-hybridized carbons (Fsp3) is 0.522. The Hall–Kier alpha value is -2.67. The average Bonchev–Trinajstić information content (AvgIpc) is 2.79. The average molecular weight is 411 g/mol. The molecule has 0 spiro atoms. The van der Waals surface area contributed by atoms with E-state index in [1.807, 2.05) is 24.3 Å². The van der Waals surface area contributed by atoms with Crippen molar-refractivity contribution in [1.82, 2.24) is 20.0 Å². The van der Waals surface area contributed by atoms with Gasteiger partial charge in [0.1, 0.15) is 12.3 Å². The highest BCUT2D eigenvalue weighted by Crippen LogP contribution is 2.30. The largest absolute Gasteiger partial charge is 0.497 e. The van der Waals surface area contributed by atoms with Crippen LogP contribution in [-0.4, -0.2) is 53.4 Å². The van der Waals surface area contributed by atoms with Gasteiger partial charge < -0.3 is 15.0 Å². The second-order valence-corrected chi connectivity index (χ2v) is 8.25. The van der Waals surface area contributed by atoms with Gasteiger partial charge >= 0.3 is 0 Å². The highest BCUT2D eigenvalue weighted by molar-refractivity contribution is 5.75. The first-order chi connectivity index (χ1) is 14.6. The lowest BCUT2D eigenvalue weighted by Crippen LogP contribution is -2.51. The molecule has 30 heavy (non-hydrogen) atoms. The summed E-state index contributed by atoms with van der Waals surface area (Å²) in [6.45, 7) is 2.98.